The van der Waals surface area contributed by atoms with Gasteiger partial charge in [-0.1, -0.05) is 17.9 Å². The number of aliphatic carboxylic acids is 1. The molecule has 0 aliphatic carbocycles. The normalized spacial score (nSPS) is 10.5. The summed E-state index contributed by atoms with van der Waals surface area (Å²) in [7, 11) is 0. The van der Waals surface area contributed by atoms with E-state index in [0.717, 1.165) is 12.2 Å². The van der Waals surface area contributed by atoms with Gasteiger partial charge in [0.15, 0.2) is 0 Å². The van der Waals surface area contributed by atoms with Crippen LogP contribution in [0.5, 0.6) is 11.5 Å². The number of aromatic hydroxyl groups is 1. The van der Waals surface area contributed by atoms with Gasteiger partial charge in [0.25, 0.3) is 0 Å². The first-order valence-corrected chi connectivity index (χ1v) is 3.51. The molecule has 0 aliphatic rings. The lowest BCUT2D eigenvalue weighted by Crippen LogP contribution is -1.93. The van der Waals surface area contributed by atoms with Crippen molar-refractivity contribution in [2.75, 3.05) is 0 Å². The number of carbonyl (C=O) groups is 1. The van der Waals surface area contributed by atoms with Crippen LogP contribution < -0.4 is 5.11 Å². The van der Waals surface area contributed by atoms with Gasteiger partial charge >= 0.3 is 5.97 Å². The van der Waals surface area contributed by atoms with Crippen molar-refractivity contribution in [2.45, 2.75) is 0 Å². The SMILES string of the molecule is O=C(O)/C=C/c1c([O-])cccc1O. The Hall–Kier alpha value is -1.97. The van der Waals surface area contributed by atoms with E-state index in [9.17, 15) is 9.90 Å². The van der Waals surface area contributed by atoms with E-state index in [1.807, 2.05) is 0 Å². The topological polar surface area (TPSA) is 80.6 Å². The lowest BCUT2D eigenvalue weighted by Gasteiger charge is -2.10. The first-order valence-electron chi connectivity index (χ1n) is 3.51. The van der Waals surface area contributed by atoms with Gasteiger partial charge in [0, 0.05) is 11.6 Å². The Balaban J connectivity index is 3.06. The van der Waals surface area contributed by atoms with Crippen LogP contribution in [0, 0.1) is 0 Å². The summed E-state index contributed by atoms with van der Waals surface area (Å²) in [4.78, 5) is 10.1. The van der Waals surface area contributed by atoms with Gasteiger partial charge in [-0.15, -0.1) is 0 Å². The minimum absolute atomic E-state index is 0.00935. The summed E-state index contributed by atoms with van der Waals surface area (Å²) >= 11 is 0. The minimum atomic E-state index is -1.16. The van der Waals surface area contributed by atoms with Crippen LogP contribution >= 0.6 is 0 Å². The van der Waals surface area contributed by atoms with E-state index >= 15 is 0 Å². The standard InChI is InChI=1S/C9H8O4/c10-7-2-1-3-8(11)6(7)4-5-9(12)13/h1-5,10-11H,(H,12,13)/p-1/b5-4+. The zero-order valence-electron chi connectivity index (χ0n) is 6.60. The Labute approximate surface area is 74.4 Å². The fourth-order valence-corrected chi connectivity index (χ4v) is 0.855. The van der Waals surface area contributed by atoms with Crippen molar-refractivity contribution in [2.24, 2.45) is 0 Å². The average molecular weight is 179 g/mol. The lowest BCUT2D eigenvalue weighted by atomic mass is 10.1. The van der Waals surface area contributed by atoms with Crippen LogP contribution in [-0.4, -0.2) is 16.2 Å². The fourth-order valence-electron chi connectivity index (χ4n) is 0.855. The van der Waals surface area contributed by atoms with E-state index in [2.05, 4.69) is 0 Å². The summed E-state index contributed by atoms with van der Waals surface area (Å²) in [6.07, 6.45) is 1.87. The third kappa shape index (κ3) is 2.23. The van der Waals surface area contributed by atoms with Crippen molar-refractivity contribution < 1.29 is 20.1 Å². The second kappa shape index (κ2) is 3.62. The molecule has 4 heteroatoms. The van der Waals surface area contributed by atoms with Crippen LogP contribution in [0.1, 0.15) is 5.56 Å². The lowest BCUT2D eigenvalue weighted by molar-refractivity contribution is -0.268. The maximum absolute atomic E-state index is 11.0. The van der Waals surface area contributed by atoms with Crippen molar-refractivity contribution in [1.29, 1.82) is 0 Å². The summed E-state index contributed by atoms with van der Waals surface area (Å²) < 4.78 is 0. The van der Waals surface area contributed by atoms with E-state index in [1.54, 1.807) is 0 Å². The summed E-state index contributed by atoms with van der Waals surface area (Å²) in [5.41, 5.74) is -0.00935. The first-order chi connectivity index (χ1) is 6.11. The molecular weight excluding hydrogens is 172 g/mol. The molecule has 0 bridgehead atoms. The van der Waals surface area contributed by atoms with Crippen LogP contribution in [0.25, 0.3) is 6.08 Å². The molecule has 0 radical (unpaired) electrons. The second-order valence-corrected chi connectivity index (χ2v) is 2.36. The Morgan fingerprint density at radius 3 is 2.69 bits per heavy atom. The van der Waals surface area contributed by atoms with Gasteiger partial charge in [0.2, 0.25) is 0 Å². The van der Waals surface area contributed by atoms with Crippen LogP contribution in [-0.2, 0) is 4.79 Å². The van der Waals surface area contributed by atoms with Crippen molar-refractivity contribution in [3.05, 3.63) is 29.8 Å². The van der Waals surface area contributed by atoms with Crippen LogP contribution in [0.15, 0.2) is 24.3 Å². The van der Waals surface area contributed by atoms with E-state index in [4.69, 9.17) is 10.2 Å². The van der Waals surface area contributed by atoms with Crippen molar-refractivity contribution in [1.82, 2.24) is 0 Å². The average Bonchev–Trinajstić information content (AvgIpc) is 2.03. The van der Waals surface area contributed by atoms with Crippen molar-refractivity contribution in [3.63, 3.8) is 0 Å². The highest BCUT2D eigenvalue weighted by Crippen LogP contribution is 2.25. The predicted molar refractivity (Wildman–Crippen MR) is 44.2 cm³/mol. The largest absolute Gasteiger partial charge is 0.872 e. The van der Waals surface area contributed by atoms with Gasteiger partial charge < -0.3 is 15.3 Å². The van der Waals surface area contributed by atoms with Gasteiger partial charge in [0.05, 0.1) is 0 Å². The van der Waals surface area contributed by atoms with Gasteiger partial charge in [-0.3, -0.25) is 0 Å². The zero-order chi connectivity index (χ0) is 9.84. The Morgan fingerprint density at radius 1 is 1.46 bits per heavy atom. The molecule has 1 aromatic rings. The molecule has 1 aromatic carbocycles. The van der Waals surface area contributed by atoms with Crippen LogP contribution in [0.4, 0.5) is 0 Å². The third-order valence-corrected chi connectivity index (χ3v) is 1.44. The molecule has 0 aliphatic heterocycles. The smallest absolute Gasteiger partial charge is 0.328 e. The molecule has 0 atom stereocenters. The summed E-state index contributed by atoms with van der Waals surface area (Å²) in [6, 6.07) is 3.97. The molecule has 0 amide bonds. The summed E-state index contributed by atoms with van der Waals surface area (Å²) in [5.74, 6) is -1.79. The number of phenolic OH excluding ortho intramolecular Hbond substituents is 1. The zero-order valence-corrected chi connectivity index (χ0v) is 6.60. The Bertz CT molecular complexity index is 334. The fraction of sp³-hybridized carbons (Fsp3) is 0. The highest BCUT2D eigenvalue weighted by molar-refractivity contribution is 5.86. The monoisotopic (exact) mass is 179 g/mol. The van der Waals surface area contributed by atoms with Gasteiger partial charge in [0.1, 0.15) is 5.75 Å². The van der Waals surface area contributed by atoms with Crippen LogP contribution in [0.2, 0.25) is 0 Å². The van der Waals surface area contributed by atoms with E-state index in [0.29, 0.717) is 0 Å². The molecule has 1 rings (SSSR count). The van der Waals surface area contributed by atoms with Crippen molar-refractivity contribution in [3.8, 4) is 11.5 Å². The maximum atomic E-state index is 11.0. The summed E-state index contributed by atoms with van der Waals surface area (Å²) in [5, 5.41) is 28.5. The van der Waals surface area contributed by atoms with Gasteiger partial charge in [-0.2, -0.15) is 0 Å². The predicted octanol–water partition coefficient (Wildman–Crippen LogP) is 0.564. The Kier molecular flexibility index (Phi) is 2.54. The number of carboxylic acid groups (broad SMARTS) is 1. The molecule has 0 heterocycles. The number of benzene rings is 1. The number of hydrogen-bond acceptors (Lipinski definition) is 3. The highest BCUT2D eigenvalue weighted by Gasteiger charge is 1.97. The molecule has 68 valence electrons. The molecule has 0 fully saturated rings. The number of hydrogen-bond donors (Lipinski definition) is 2. The summed E-state index contributed by atoms with van der Waals surface area (Å²) in [6.45, 7) is 0. The minimum Gasteiger partial charge on any atom is -0.872 e. The molecule has 4 nitrogen and oxygen atoms in total. The number of phenols is 1. The molecule has 0 saturated heterocycles. The molecule has 0 spiro atoms. The first kappa shape index (κ1) is 9.12. The molecule has 0 aromatic heterocycles. The molecule has 2 N–H and O–H groups in total. The van der Waals surface area contributed by atoms with Gasteiger partial charge in [-0.25, -0.2) is 4.79 Å². The van der Waals surface area contributed by atoms with Crippen molar-refractivity contribution >= 4 is 12.0 Å². The number of rotatable bonds is 2. The second-order valence-electron chi connectivity index (χ2n) is 2.36. The Morgan fingerprint density at radius 2 is 2.15 bits per heavy atom. The van der Waals surface area contributed by atoms with E-state index < -0.39 is 11.7 Å². The third-order valence-electron chi connectivity index (χ3n) is 1.44. The van der Waals surface area contributed by atoms with E-state index in [1.165, 1.54) is 18.2 Å². The van der Waals surface area contributed by atoms with Crippen LogP contribution in [0.3, 0.4) is 0 Å². The molecule has 0 saturated carbocycles. The maximum Gasteiger partial charge on any atom is 0.328 e. The van der Waals surface area contributed by atoms with E-state index in [-0.39, 0.29) is 11.3 Å². The molecular formula is C9H7O4-. The molecule has 0 unspecified atom stereocenters. The highest BCUT2D eigenvalue weighted by atomic mass is 16.4. The molecule has 13 heavy (non-hydrogen) atoms. The quantitative estimate of drug-likeness (QED) is 0.650. The van der Waals surface area contributed by atoms with Gasteiger partial charge in [-0.05, 0) is 12.1 Å². The number of carboxylic acids is 1.